The number of carbonyl (C=O) groups excluding carboxylic acids is 3. The highest BCUT2D eigenvalue weighted by atomic mass is 16.5. The van der Waals surface area contributed by atoms with Gasteiger partial charge in [0.1, 0.15) is 18.1 Å². The summed E-state index contributed by atoms with van der Waals surface area (Å²) >= 11 is 0. The van der Waals surface area contributed by atoms with Gasteiger partial charge in [-0.3, -0.25) is 9.69 Å². The van der Waals surface area contributed by atoms with Gasteiger partial charge < -0.3 is 23.9 Å². The Morgan fingerprint density at radius 1 is 1.11 bits per heavy atom. The van der Waals surface area contributed by atoms with Gasteiger partial charge in [-0.2, -0.15) is 5.26 Å². The summed E-state index contributed by atoms with van der Waals surface area (Å²) < 4.78 is 21.2. The number of carbonyl (C=O) groups is 3. The zero-order valence-corrected chi connectivity index (χ0v) is 19.4. The molecular formula is C26H21N3O7. The minimum atomic E-state index is -0.658. The zero-order chi connectivity index (χ0) is 25.7. The Morgan fingerprint density at radius 3 is 2.67 bits per heavy atom. The molecule has 1 aromatic heterocycles. The van der Waals surface area contributed by atoms with Crippen molar-refractivity contribution in [1.29, 1.82) is 5.26 Å². The number of benzene rings is 2. The van der Waals surface area contributed by atoms with Crippen molar-refractivity contribution in [1.82, 2.24) is 10.2 Å². The van der Waals surface area contributed by atoms with Gasteiger partial charge >= 0.3 is 12.0 Å². The number of urea groups is 1. The molecule has 10 nitrogen and oxygen atoms in total. The number of esters is 1. The summed E-state index contributed by atoms with van der Waals surface area (Å²) in [5, 5.41) is 11.8. The van der Waals surface area contributed by atoms with Gasteiger partial charge in [0.2, 0.25) is 5.76 Å². The lowest BCUT2D eigenvalue weighted by Crippen LogP contribution is -2.30. The van der Waals surface area contributed by atoms with Crippen LogP contribution in [0, 0.1) is 11.3 Å². The van der Waals surface area contributed by atoms with E-state index in [1.54, 1.807) is 30.3 Å². The van der Waals surface area contributed by atoms with Crippen molar-refractivity contribution < 1.29 is 33.0 Å². The SMILES string of the molecule is COC(=O)c1ccc(CN2C(=O)NC(=Cc3ccc(OCc4ccccc4C#N)c(OC)c3)C2=O)o1. The summed E-state index contributed by atoms with van der Waals surface area (Å²) in [5.74, 6) is -0.117. The molecule has 1 fully saturated rings. The predicted octanol–water partition coefficient (Wildman–Crippen LogP) is 3.62. The number of nitrogens with one attached hydrogen (secondary N) is 1. The number of ether oxygens (including phenoxy) is 3. The molecule has 36 heavy (non-hydrogen) atoms. The minimum absolute atomic E-state index is 0.0270. The van der Waals surface area contributed by atoms with E-state index in [2.05, 4.69) is 16.1 Å². The highest BCUT2D eigenvalue weighted by molar-refractivity contribution is 6.13. The normalized spacial score (nSPS) is 13.9. The van der Waals surface area contributed by atoms with Crippen LogP contribution < -0.4 is 14.8 Å². The Labute approximate surface area is 206 Å². The largest absolute Gasteiger partial charge is 0.493 e. The lowest BCUT2D eigenvalue weighted by atomic mass is 10.1. The van der Waals surface area contributed by atoms with Gasteiger partial charge in [-0.25, -0.2) is 9.59 Å². The Balaban J connectivity index is 1.47. The number of furan rings is 1. The average molecular weight is 487 g/mol. The molecule has 0 saturated carbocycles. The van der Waals surface area contributed by atoms with Crippen LogP contribution in [0.25, 0.3) is 6.08 Å². The number of hydrogen-bond donors (Lipinski definition) is 1. The van der Waals surface area contributed by atoms with E-state index < -0.39 is 17.9 Å². The zero-order valence-electron chi connectivity index (χ0n) is 19.4. The van der Waals surface area contributed by atoms with E-state index in [0.29, 0.717) is 22.6 Å². The number of hydrogen-bond acceptors (Lipinski definition) is 8. The molecule has 4 rings (SSSR count). The predicted molar refractivity (Wildman–Crippen MR) is 126 cm³/mol. The Kier molecular flexibility index (Phi) is 7.02. The van der Waals surface area contributed by atoms with Crippen LogP contribution >= 0.6 is 0 Å². The molecule has 1 aliphatic rings. The second-order valence-corrected chi connectivity index (χ2v) is 7.60. The molecule has 0 atom stereocenters. The summed E-state index contributed by atoms with van der Waals surface area (Å²) in [6, 6.07) is 16.6. The van der Waals surface area contributed by atoms with E-state index >= 15 is 0 Å². The fourth-order valence-corrected chi connectivity index (χ4v) is 3.51. The molecule has 0 bridgehead atoms. The fraction of sp³-hybridized carbons (Fsp3) is 0.154. The monoisotopic (exact) mass is 487 g/mol. The molecule has 2 heterocycles. The molecule has 0 unspecified atom stereocenters. The minimum Gasteiger partial charge on any atom is -0.493 e. The van der Waals surface area contributed by atoms with Crippen LogP contribution in [-0.2, 0) is 22.7 Å². The molecule has 3 aromatic rings. The number of nitriles is 1. The maximum Gasteiger partial charge on any atom is 0.373 e. The van der Waals surface area contributed by atoms with Crippen molar-refractivity contribution >= 4 is 24.0 Å². The van der Waals surface area contributed by atoms with Crippen molar-refractivity contribution in [3.05, 3.63) is 88.5 Å². The Hall–Kier alpha value is -5.04. The molecule has 0 radical (unpaired) electrons. The molecule has 10 heteroatoms. The molecule has 0 aliphatic carbocycles. The number of rotatable bonds is 8. The summed E-state index contributed by atoms with van der Waals surface area (Å²) in [6.07, 6.45) is 1.51. The van der Waals surface area contributed by atoms with Crippen LogP contribution in [0.4, 0.5) is 4.79 Å². The summed E-state index contributed by atoms with van der Waals surface area (Å²) in [4.78, 5) is 37.7. The Morgan fingerprint density at radius 2 is 1.92 bits per heavy atom. The fourth-order valence-electron chi connectivity index (χ4n) is 3.51. The molecule has 0 spiro atoms. The Bertz CT molecular complexity index is 1400. The van der Waals surface area contributed by atoms with Crippen molar-refractivity contribution in [2.24, 2.45) is 0 Å². The topological polar surface area (TPSA) is 131 Å². The standard InChI is InChI=1S/C26H21N3O7/c1-33-23-12-16(7-9-21(23)35-15-18-6-4-3-5-17(18)13-27)11-20-24(30)29(26(32)28-20)14-19-8-10-22(36-19)25(31)34-2/h3-12H,14-15H2,1-2H3,(H,28,32). The van der Waals surface area contributed by atoms with Crippen molar-refractivity contribution in [2.45, 2.75) is 13.2 Å². The lowest BCUT2D eigenvalue weighted by molar-refractivity contribution is -0.123. The molecule has 182 valence electrons. The molecule has 1 aliphatic heterocycles. The third kappa shape index (κ3) is 5.05. The lowest BCUT2D eigenvalue weighted by Gasteiger charge is -2.12. The maximum atomic E-state index is 12.8. The van der Waals surface area contributed by atoms with E-state index in [0.717, 1.165) is 10.5 Å². The third-order valence-corrected chi connectivity index (χ3v) is 5.34. The van der Waals surface area contributed by atoms with Crippen molar-refractivity contribution in [2.75, 3.05) is 14.2 Å². The van der Waals surface area contributed by atoms with Gasteiger partial charge in [0.15, 0.2) is 11.5 Å². The highest BCUT2D eigenvalue weighted by Gasteiger charge is 2.34. The van der Waals surface area contributed by atoms with Gasteiger partial charge in [0.25, 0.3) is 5.91 Å². The first-order valence-electron chi connectivity index (χ1n) is 10.7. The smallest absolute Gasteiger partial charge is 0.373 e. The van der Waals surface area contributed by atoms with E-state index in [1.165, 1.54) is 32.4 Å². The van der Waals surface area contributed by atoms with Crippen LogP contribution in [0.2, 0.25) is 0 Å². The first kappa shape index (κ1) is 24.1. The molecule has 2 aromatic carbocycles. The molecule has 1 saturated heterocycles. The summed E-state index contributed by atoms with van der Waals surface area (Å²) in [6.45, 7) is 0.0216. The van der Waals surface area contributed by atoms with Crippen LogP contribution in [0.5, 0.6) is 11.5 Å². The van der Waals surface area contributed by atoms with Gasteiger partial charge in [-0.15, -0.1) is 0 Å². The molecule has 3 amide bonds. The van der Waals surface area contributed by atoms with Crippen LogP contribution in [-0.4, -0.2) is 37.0 Å². The first-order chi connectivity index (χ1) is 17.4. The van der Waals surface area contributed by atoms with E-state index in [-0.39, 0.29) is 30.4 Å². The van der Waals surface area contributed by atoms with Crippen LogP contribution in [0.1, 0.15) is 33.0 Å². The van der Waals surface area contributed by atoms with E-state index in [1.807, 2.05) is 12.1 Å². The van der Waals surface area contributed by atoms with E-state index in [4.69, 9.17) is 13.9 Å². The van der Waals surface area contributed by atoms with Crippen molar-refractivity contribution in [3.8, 4) is 17.6 Å². The number of imide groups is 1. The van der Waals surface area contributed by atoms with Crippen molar-refractivity contribution in [3.63, 3.8) is 0 Å². The second kappa shape index (κ2) is 10.5. The number of methoxy groups -OCH3 is 2. The van der Waals surface area contributed by atoms with Crippen LogP contribution in [0.15, 0.2) is 64.7 Å². The third-order valence-electron chi connectivity index (χ3n) is 5.34. The first-order valence-corrected chi connectivity index (χ1v) is 10.7. The summed E-state index contributed by atoms with van der Waals surface area (Å²) in [5.41, 5.74) is 1.92. The van der Waals surface area contributed by atoms with E-state index in [9.17, 15) is 19.6 Å². The van der Waals surface area contributed by atoms with Crippen LogP contribution in [0.3, 0.4) is 0 Å². The molecule has 1 N–H and O–H groups in total. The summed E-state index contributed by atoms with van der Waals surface area (Å²) in [7, 11) is 2.71. The van der Waals surface area contributed by atoms with Gasteiger partial charge in [-0.1, -0.05) is 24.3 Å². The molecular weight excluding hydrogens is 466 g/mol. The van der Waals surface area contributed by atoms with Gasteiger partial charge in [-0.05, 0) is 42.0 Å². The second-order valence-electron chi connectivity index (χ2n) is 7.60. The van der Waals surface area contributed by atoms with Gasteiger partial charge in [0.05, 0.1) is 32.4 Å². The van der Waals surface area contributed by atoms with Gasteiger partial charge in [0, 0.05) is 5.56 Å². The highest BCUT2D eigenvalue weighted by Crippen LogP contribution is 2.30. The quantitative estimate of drug-likeness (QED) is 0.290. The maximum absolute atomic E-state index is 12.8. The average Bonchev–Trinajstić information content (AvgIpc) is 3.47. The number of amides is 3. The number of nitrogens with zero attached hydrogens (tertiary/aromatic N) is 2.